The van der Waals surface area contributed by atoms with Gasteiger partial charge in [-0.25, -0.2) is 4.39 Å². The van der Waals surface area contributed by atoms with E-state index in [0.717, 1.165) is 12.0 Å². The maximum absolute atomic E-state index is 12.9. The van der Waals surface area contributed by atoms with Crippen molar-refractivity contribution in [3.05, 3.63) is 47.5 Å². The lowest BCUT2D eigenvalue weighted by molar-refractivity contribution is -0.163. The highest BCUT2D eigenvalue weighted by Gasteiger charge is 2.29. The Hall–Kier alpha value is -1.92. The van der Waals surface area contributed by atoms with E-state index >= 15 is 0 Å². The second-order valence-corrected chi connectivity index (χ2v) is 5.68. The van der Waals surface area contributed by atoms with Crippen LogP contribution in [0.2, 0.25) is 0 Å². The van der Waals surface area contributed by atoms with Gasteiger partial charge in [-0.3, -0.25) is 4.79 Å². The van der Waals surface area contributed by atoms with Gasteiger partial charge in [0.2, 0.25) is 6.29 Å². The van der Waals surface area contributed by atoms with Crippen molar-refractivity contribution < 1.29 is 23.8 Å². The van der Waals surface area contributed by atoms with Crippen molar-refractivity contribution in [2.75, 3.05) is 13.2 Å². The van der Waals surface area contributed by atoms with E-state index in [1.54, 1.807) is 18.2 Å². The van der Waals surface area contributed by atoms with Crippen LogP contribution in [0.15, 0.2) is 36.1 Å². The molecule has 1 amide bonds. The van der Waals surface area contributed by atoms with Gasteiger partial charge in [0, 0.05) is 25.7 Å². The highest BCUT2D eigenvalue weighted by molar-refractivity contribution is 5.91. The molecule has 0 radical (unpaired) electrons. The molecule has 2 atom stereocenters. The molecule has 0 unspecified atom stereocenters. The molecule has 0 bridgehead atoms. The lowest BCUT2D eigenvalue weighted by Gasteiger charge is -2.31. The SMILES string of the molecule is CCO[C@H]1OC(C(=O)NCc2ccc(F)cc2)=CC[C@H]1CCCO. The van der Waals surface area contributed by atoms with Crippen molar-refractivity contribution >= 4 is 5.91 Å². The van der Waals surface area contributed by atoms with Crippen LogP contribution in [0.3, 0.4) is 0 Å². The highest BCUT2D eigenvalue weighted by atomic mass is 19.1. The number of rotatable bonds is 8. The summed E-state index contributed by atoms with van der Waals surface area (Å²) >= 11 is 0. The Morgan fingerprint density at radius 1 is 1.42 bits per heavy atom. The minimum atomic E-state index is -0.474. The van der Waals surface area contributed by atoms with Gasteiger partial charge in [-0.1, -0.05) is 12.1 Å². The van der Waals surface area contributed by atoms with Crippen LogP contribution in [0.4, 0.5) is 4.39 Å². The first-order valence-corrected chi connectivity index (χ1v) is 8.26. The number of halogens is 1. The second kappa shape index (κ2) is 9.39. The molecule has 0 aliphatic carbocycles. The quantitative estimate of drug-likeness (QED) is 0.765. The van der Waals surface area contributed by atoms with E-state index in [0.29, 0.717) is 26.0 Å². The molecular formula is C18H24FNO4. The molecule has 5 nitrogen and oxygen atoms in total. The minimum absolute atomic E-state index is 0.129. The molecule has 24 heavy (non-hydrogen) atoms. The molecule has 6 heteroatoms. The zero-order valence-corrected chi connectivity index (χ0v) is 13.8. The number of hydrogen-bond acceptors (Lipinski definition) is 4. The van der Waals surface area contributed by atoms with E-state index in [1.807, 2.05) is 6.92 Å². The van der Waals surface area contributed by atoms with Crippen LogP contribution < -0.4 is 5.32 Å². The molecule has 0 aromatic heterocycles. The number of carbonyl (C=O) groups excluding carboxylic acids is 1. The maximum atomic E-state index is 12.9. The largest absolute Gasteiger partial charge is 0.459 e. The molecule has 0 saturated heterocycles. The summed E-state index contributed by atoms with van der Waals surface area (Å²) < 4.78 is 24.1. The predicted octanol–water partition coefficient (Wildman–Crippen LogP) is 2.50. The monoisotopic (exact) mass is 337 g/mol. The van der Waals surface area contributed by atoms with Crippen molar-refractivity contribution in [2.24, 2.45) is 5.92 Å². The first-order chi connectivity index (χ1) is 11.6. The molecule has 0 saturated carbocycles. The second-order valence-electron chi connectivity index (χ2n) is 5.68. The summed E-state index contributed by atoms with van der Waals surface area (Å²) in [5.41, 5.74) is 0.809. The molecular weight excluding hydrogens is 313 g/mol. The van der Waals surface area contributed by atoms with Crippen LogP contribution in [0.1, 0.15) is 31.7 Å². The summed E-state index contributed by atoms with van der Waals surface area (Å²) in [6.07, 6.45) is 3.42. The van der Waals surface area contributed by atoms with Gasteiger partial charge in [0.05, 0.1) is 0 Å². The van der Waals surface area contributed by atoms with Gasteiger partial charge in [-0.15, -0.1) is 0 Å². The smallest absolute Gasteiger partial charge is 0.286 e. The molecule has 0 fully saturated rings. The zero-order valence-electron chi connectivity index (χ0n) is 13.8. The molecule has 1 aliphatic rings. The molecule has 2 rings (SSSR count). The van der Waals surface area contributed by atoms with Gasteiger partial charge in [0.15, 0.2) is 5.76 Å². The van der Waals surface area contributed by atoms with Crippen LogP contribution >= 0.6 is 0 Å². The Balaban J connectivity index is 1.91. The third kappa shape index (κ3) is 5.32. The Kier molecular flexibility index (Phi) is 7.21. The molecule has 1 aromatic rings. The normalized spacial score (nSPS) is 20.2. The summed E-state index contributed by atoms with van der Waals surface area (Å²) in [7, 11) is 0. The minimum Gasteiger partial charge on any atom is -0.459 e. The fourth-order valence-corrected chi connectivity index (χ4v) is 2.60. The lowest BCUT2D eigenvalue weighted by Crippen LogP contribution is -2.35. The van der Waals surface area contributed by atoms with Crippen molar-refractivity contribution in [3.8, 4) is 0 Å². The van der Waals surface area contributed by atoms with Crippen LogP contribution in [0.5, 0.6) is 0 Å². The molecule has 1 heterocycles. The summed E-state index contributed by atoms with van der Waals surface area (Å²) in [4.78, 5) is 12.2. The lowest BCUT2D eigenvalue weighted by atomic mass is 9.96. The molecule has 2 N–H and O–H groups in total. The number of amides is 1. The average molecular weight is 337 g/mol. The van der Waals surface area contributed by atoms with E-state index in [-0.39, 0.29) is 30.0 Å². The number of aliphatic hydroxyl groups is 1. The number of allylic oxidation sites excluding steroid dienone is 1. The van der Waals surface area contributed by atoms with Crippen LogP contribution in [-0.4, -0.2) is 30.5 Å². The molecule has 1 aliphatic heterocycles. The number of aliphatic hydroxyl groups excluding tert-OH is 1. The first kappa shape index (κ1) is 18.4. The maximum Gasteiger partial charge on any atom is 0.286 e. The van der Waals surface area contributed by atoms with Crippen molar-refractivity contribution in [1.82, 2.24) is 5.32 Å². The van der Waals surface area contributed by atoms with Crippen molar-refractivity contribution in [2.45, 2.75) is 39.0 Å². The number of nitrogens with one attached hydrogen (secondary N) is 1. The molecule has 0 spiro atoms. The van der Waals surface area contributed by atoms with Crippen molar-refractivity contribution in [3.63, 3.8) is 0 Å². The van der Waals surface area contributed by atoms with E-state index < -0.39 is 6.29 Å². The van der Waals surface area contributed by atoms with Gasteiger partial charge in [0.1, 0.15) is 5.82 Å². The van der Waals surface area contributed by atoms with E-state index in [4.69, 9.17) is 14.6 Å². The molecule has 132 valence electrons. The number of benzene rings is 1. The van der Waals surface area contributed by atoms with E-state index in [2.05, 4.69) is 5.32 Å². The summed E-state index contributed by atoms with van der Waals surface area (Å²) in [5, 5.41) is 11.7. The first-order valence-electron chi connectivity index (χ1n) is 8.26. The zero-order chi connectivity index (χ0) is 17.4. The highest BCUT2D eigenvalue weighted by Crippen LogP contribution is 2.27. The van der Waals surface area contributed by atoms with Crippen LogP contribution in [0.25, 0.3) is 0 Å². The average Bonchev–Trinajstić information content (AvgIpc) is 2.60. The molecule has 1 aromatic carbocycles. The fourth-order valence-electron chi connectivity index (χ4n) is 2.60. The summed E-state index contributed by atoms with van der Waals surface area (Å²) in [6.45, 7) is 2.79. The fraction of sp³-hybridized carbons (Fsp3) is 0.500. The Bertz CT molecular complexity index is 559. The van der Waals surface area contributed by atoms with E-state index in [9.17, 15) is 9.18 Å². The van der Waals surface area contributed by atoms with Crippen LogP contribution in [0, 0.1) is 11.7 Å². The van der Waals surface area contributed by atoms with Crippen LogP contribution in [-0.2, 0) is 20.8 Å². The standard InChI is InChI=1S/C18H24FNO4/c1-2-23-18-14(4-3-11-21)7-10-16(24-18)17(22)20-12-13-5-8-15(19)9-6-13/h5-6,8-10,14,18,21H,2-4,7,11-12H2,1H3,(H,20,22)/t14-,18+/m1/s1. The van der Waals surface area contributed by atoms with E-state index in [1.165, 1.54) is 12.1 Å². The Labute approximate surface area is 141 Å². The van der Waals surface area contributed by atoms with Gasteiger partial charge in [-0.05, 0) is 50.0 Å². The Morgan fingerprint density at radius 2 is 2.17 bits per heavy atom. The Morgan fingerprint density at radius 3 is 2.83 bits per heavy atom. The third-order valence-electron chi connectivity index (χ3n) is 3.89. The number of hydrogen-bond donors (Lipinski definition) is 2. The topological polar surface area (TPSA) is 67.8 Å². The third-order valence-corrected chi connectivity index (χ3v) is 3.89. The predicted molar refractivity (Wildman–Crippen MR) is 87.3 cm³/mol. The van der Waals surface area contributed by atoms with Crippen molar-refractivity contribution in [1.29, 1.82) is 0 Å². The summed E-state index contributed by atoms with van der Waals surface area (Å²) in [5.74, 6) is -0.247. The number of carbonyl (C=O) groups is 1. The number of ether oxygens (including phenoxy) is 2. The summed E-state index contributed by atoms with van der Waals surface area (Å²) in [6, 6.07) is 5.96. The van der Waals surface area contributed by atoms with Gasteiger partial charge < -0.3 is 19.9 Å². The van der Waals surface area contributed by atoms with Gasteiger partial charge in [-0.2, -0.15) is 0 Å². The van der Waals surface area contributed by atoms with Gasteiger partial charge in [0.25, 0.3) is 5.91 Å². The van der Waals surface area contributed by atoms with Gasteiger partial charge >= 0.3 is 0 Å².